The lowest BCUT2D eigenvalue weighted by atomic mass is 10.0. The van der Waals surface area contributed by atoms with Crippen molar-refractivity contribution in [1.29, 1.82) is 0 Å². The lowest BCUT2D eigenvalue weighted by molar-refractivity contribution is 0.0488. The molecule has 0 spiro atoms. The molecule has 0 saturated heterocycles. The van der Waals surface area contributed by atoms with E-state index in [-0.39, 0.29) is 11.9 Å². The lowest BCUT2D eigenvalue weighted by Gasteiger charge is -2.08. The third-order valence-corrected chi connectivity index (χ3v) is 10.8. The summed E-state index contributed by atoms with van der Waals surface area (Å²) in [4.78, 5) is 25.3. The first kappa shape index (κ1) is 45.8. The zero-order valence-corrected chi connectivity index (χ0v) is 34.1. The van der Waals surface area contributed by atoms with Crippen molar-refractivity contribution in [2.24, 2.45) is 0 Å². The van der Waals surface area contributed by atoms with E-state index in [4.69, 9.17) is 9.47 Å². The molecule has 0 aliphatic carbocycles. The monoisotopic (exact) mass is 721 g/mol. The number of ether oxygens (including phenoxy) is 2. The molecule has 52 heavy (non-hydrogen) atoms. The van der Waals surface area contributed by atoms with E-state index in [2.05, 4.69) is 13.8 Å². The molecule has 296 valence electrons. The second-order valence-corrected chi connectivity index (χ2v) is 15.7. The summed E-state index contributed by atoms with van der Waals surface area (Å²) in [5.41, 5.74) is 1.12. The maximum atomic E-state index is 12.7. The van der Waals surface area contributed by atoms with Gasteiger partial charge in [0, 0.05) is 0 Å². The molecule has 0 aliphatic heterocycles. The fraction of sp³-hybridized carbons (Fsp3) is 0.750. The van der Waals surface area contributed by atoms with E-state index in [1.54, 1.807) is 12.1 Å². The van der Waals surface area contributed by atoms with E-state index in [1.165, 1.54) is 180 Å². The van der Waals surface area contributed by atoms with Crippen molar-refractivity contribution in [3.8, 4) is 0 Å². The molecular weight excluding hydrogens is 641 g/mol. The Kier molecular flexibility index (Phi) is 29.3. The third kappa shape index (κ3) is 24.1. The summed E-state index contributed by atoms with van der Waals surface area (Å²) in [7, 11) is 0. The number of hydrogen-bond acceptors (Lipinski definition) is 4. The van der Waals surface area contributed by atoms with Gasteiger partial charge >= 0.3 is 11.9 Å². The first-order valence-corrected chi connectivity index (χ1v) is 22.5. The fourth-order valence-corrected chi connectivity index (χ4v) is 7.30. The molecule has 2 rings (SSSR count). The zero-order valence-electron chi connectivity index (χ0n) is 34.1. The van der Waals surface area contributed by atoms with Crippen molar-refractivity contribution in [3.05, 3.63) is 47.5 Å². The molecule has 4 heteroatoms. The largest absolute Gasteiger partial charge is 0.462 e. The quantitative estimate of drug-likeness (QED) is 0.0519. The molecule has 2 aromatic carbocycles. The molecule has 0 aromatic heterocycles. The van der Waals surface area contributed by atoms with Crippen LogP contribution in [0, 0.1) is 0 Å². The number of esters is 2. The number of unbranched alkanes of at least 4 members (excludes halogenated alkanes) is 30. The molecule has 0 atom stereocenters. The molecular formula is C48H80O4. The molecule has 0 N–H and O–H groups in total. The normalized spacial score (nSPS) is 11.3. The minimum absolute atomic E-state index is 0.273. The van der Waals surface area contributed by atoms with Gasteiger partial charge in [-0.25, -0.2) is 9.59 Å². The third-order valence-electron chi connectivity index (χ3n) is 10.8. The first-order valence-electron chi connectivity index (χ1n) is 22.5. The van der Waals surface area contributed by atoms with Crippen molar-refractivity contribution in [3.63, 3.8) is 0 Å². The molecule has 0 saturated carbocycles. The predicted molar refractivity (Wildman–Crippen MR) is 224 cm³/mol. The van der Waals surface area contributed by atoms with E-state index >= 15 is 0 Å². The van der Waals surface area contributed by atoms with Crippen molar-refractivity contribution in [2.45, 2.75) is 219 Å². The molecule has 0 bridgehead atoms. The SMILES string of the molecule is CCCCCCCCCCCCCCCCCCOC(=O)c1ccc2cc(C(=O)OCCCCCCCCCCCCCCCCCC)ccc2c1. The predicted octanol–water partition coefficient (Wildman–Crippen LogP) is 15.7. The average Bonchev–Trinajstić information content (AvgIpc) is 3.16. The van der Waals surface area contributed by atoms with E-state index < -0.39 is 0 Å². The van der Waals surface area contributed by atoms with Crippen molar-refractivity contribution in [1.82, 2.24) is 0 Å². The van der Waals surface area contributed by atoms with Gasteiger partial charge in [-0.05, 0) is 47.9 Å². The van der Waals surface area contributed by atoms with E-state index in [1.807, 2.05) is 24.3 Å². The van der Waals surface area contributed by atoms with E-state index in [9.17, 15) is 9.59 Å². The Hall–Kier alpha value is -2.36. The summed E-state index contributed by atoms with van der Waals surface area (Å²) in [6, 6.07) is 11.1. The van der Waals surface area contributed by atoms with Crippen LogP contribution in [0.5, 0.6) is 0 Å². The smallest absolute Gasteiger partial charge is 0.338 e. The second-order valence-electron chi connectivity index (χ2n) is 15.7. The second kappa shape index (κ2) is 33.2. The highest BCUT2D eigenvalue weighted by molar-refractivity contribution is 5.99. The summed E-state index contributed by atoms with van der Waals surface area (Å²) >= 11 is 0. The summed E-state index contributed by atoms with van der Waals surface area (Å²) in [5.74, 6) is -0.546. The van der Waals surface area contributed by atoms with Gasteiger partial charge < -0.3 is 9.47 Å². The van der Waals surface area contributed by atoms with Crippen molar-refractivity contribution < 1.29 is 19.1 Å². The molecule has 0 heterocycles. The van der Waals surface area contributed by atoms with Gasteiger partial charge in [0.2, 0.25) is 0 Å². The number of benzene rings is 2. The Morgan fingerprint density at radius 3 is 0.827 bits per heavy atom. The number of fused-ring (bicyclic) bond motifs is 1. The van der Waals surface area contributed by atoms with Crippen LogP contribution in [-0.2, 0) is 9.47 Å². The summed E-state index contributed by atoms with van der Waals surface area (Å²) in [5, 5.41) is 1.84. The molecule has 0 radical (unpaired) electrons. The Morgan fingerprint density at radius 1 is 0.346 bits per heavy atom. The van der Waals surface area contributed by atoms with Gasteiger partial charge in [0.25, 0.3) is 0 Å². The minimum atomic E-state index is -0.273. The lowest BCUT2D eigenvalue weighted by Crippen LogP contribution is -2.07. The van der Waals surface area contributed by atoms with Crippen LogP contribution in [0.15, 0.2) is 36.4 Å². The Balaban J connectivity index is 1.44. The maximum Gasteiger partial charge on any atom is 0.338 e. The number of rotatable bonds is 36. The molecule has 0 fully saturated rings. The number of carbonyl (C=O) groups excluding carboxylic acids is 2. The van der Waals surface area contributed by atoms with Gasteiger partial charge in [-0.3, -0.25) is 0 Å². The minimum Gasteiger partial charge on any atom is -0.462 e. The number of carbonyl (C=O) groups is 2. The van der Waals surface area contributed by atoms with Crippen molar-refractivity contribution in [2.75, 3.05) is 13.2 Å². The zero-order chi connectivity index (χ0) is 37.2. The average molecular weight is 721 g/mol. The molecule has 0 aliphatic rings. The highest BCUT2D eigenvalue weighted by Gasteiger charge is 2.11. The van der Waals surface area contributed by atoms with Gasteiger partial charge in [0.1, 0.15) is 0 Å². The summed E-state index contributed by atoms with van der Waals surface area (Å²) in [6.07, 6.45) is 42.5. The van der Waals surface area contributed by atoms with Gasteiger partial charge in [0.05, 0.1) is 24.3 Å². The van der Waals surface area contributed by atoms with Gasteiger partial charge in [0.15, 0.2) is 0 Å². The standard InChI is InChI=1S/C48H80O4/c1-3-5-7-9-11-13-15-17-19-21-23-25-27-29-31-33-39-51-47(49)45-37-35-44-42-46(38-36-43(44)41-45)48(50)52-40-34-32-30-28-26-24-22-20-18-16-14-12-10-8-6-4-2/h35-38,41-42H,3-34,39-40H2,1-2H3. The summed E-state index contributed by atoms with van der Waals surface area (Å²) < 4.78 is 11.1. The molecule has 2 aromatic rings. The van der Waals surface area contributed by atoms with Crippen LogP contribution in [0.1, 0.15) is 240 Å². The number of hydrogen-bond donors (Lipinski definition) is 0. The maximum absolute atomic E-state index is 12.7. The van der Waals surface area contributed by atoms with Crippen molar-refractivity contribution >= 4 is 22.7 Å². The topological polar surface area (TPSA) is 52.6 Å². The Labute approximate surface area is 321 Å². The van der Waals surface area contributed by atoms with Crippen LogP contribution < -0.4 is 0 Å². The summed E-state index contributed by atoms with van der Waals surface area (Å²) in [6.45, 7) is 5.51. The van der Waals surface area contributed by atoms with E-state index in [0.29, 0.717) is 24.3 Å². The van der Waals surface area contributed by atoms with Crippen LogP contribution in [0.25, 0.3) is 10.8 Å². The van der Waals surface area contributed by atoms with Crippen LogP contribution in [0.4, 0.5) is 0 Å². The first-order chi connectivity index (χ1) is 25.7. The Morgan fingerprint density at radius 2 is 0.577 bits per heavy atom. The van der Waals surface area contributed by atoms with Crippen LogP contribution in [0.3, 0.4) is 0 Å². The molecule has 0 unspecified atom stereocenters. The highest BCUT2D eigenvalue weighted by Crippen LogP contribution is 2.20. The molecule has 4 nitrogen and oxygen atoms in total. The van der Waals surface area contributed by atoms with Gasteiger partial charge in [-0.15, -0.1) is 0 Å². The fourth-order valence-electron chi connectivity index (χ4n) is 7.30. The van der Waals surface area contributed by atoms with Gasteiger partial charge in [-0.2, -0.15) is 0 Å². The van der Waals surface area contributed by atoms with Crippen LogP contribution in [0.2, 0.25) is 0 Å². The van der Waals surface area contributed by atoms with Crippen LogP contribution in [-0.4, -0.2) is 25.2 Å². The van der Waals surface area contributed by atoms with E-state index in [0.717, 1.165) is 36.5 Å². The van der Waals surface area contributed by atoms with Crippen LogP contribution >= 0.6 is 0 Å². The van der Waals surface area contributed by atoms with Gasteiger partial charge in [-0.1, -0.05) is 219 Å². The Bertz CT molecular complexity index is 1050. The highest BCUT2D eigenvalue weighted by atomic mass is 16.5. The molecule has 0 amide bonds.